The van der Waals surface area contributed by atoms with Crippen LogP contribution in [0, 0.1) is 0 Å². The summed E-state index contributed by atoms with van der Waals surface area (Å²) in [5, 5.41) is 3.72. The average molecular weight is 436 g/mol. The van der Waals surface area contributed by atoms with Gasteiger partial charge in [0.2, 0.25) is 5.91 Å². The Labute approximate surface area is 193 Å². The van der Waals surface area contributed by atoms with Gasteiger partial charge >= 0.3 is 0 Å². The van der Waals surface area contributed by atoms with Gasteiger partial charge in [-0.25, -0.2) is 4.98 Å². The molecular formula is C28H25N3O2. The fraction of sp³-hybridized carbons (Fsp3) is 0.179. The Balaban J connectivity index is 1.47. The Bertz CT molecular complexity index is 1310. The predicted octanol–water partition coefficient (Wildman–Crippen LogP) is 4.92. The number of carbonyl (C=O) groups is 2. The summed E-state index contributed by atoms with van der Waals surface area (Å²) >= 11 is 0. The van der Waals surface area contributed by atoms with E-state index < -0.39 is 0 Å². The van der Waals surface area contributed by atoms with Crippen LogP contribution in [0.4, 0.5) is 0 Å². The topological polar surface area (TPSA) is 62.3 Å². The normalized spacial score (nSPS) is 13.0. The quantitative estimate of drug-likeness (QED) is 0.468. The number of nitrogens with one attached hydrogen (secondary N) is 1. The first-order chi connectivity index (χ1) is 16.1. The zero-order chi connectivity index (χ0) is 22.8. The van der Waals surface area contributed by atoms with Crippen LogP contribution in [0.25, 0.3) is 33.3 Å². The summed E-state index contributed by atoms with van der Waals surface area (Å²) < 4.78 is 0. The van der Waals surface area contributed by atoms with E-state index in [2.05, 4.69) is 29.6 Å². The van der Waals surface area contributed by atoms with Crippen molar-refractivity contribution in [2.45, 2.75) is 18.9 Å². The number of likely N-dealkylation sites (N-methyl/N-ethyl adjacent to an activating group) is 1. The molecule has 3 aromatic carbocycles. The van der Waals surface area contributed by atoms with Crippen molar-refractivity contribution in [3.63, 3.8) is 0 Å². The first kappa shape index (κ1) is 20.9. The minimum Gasteiger partial charge on any atom is -0.352 e. The van der Waals surface area contributed by atoms with Crippen molar-refractivity contribution in [1.82, 2.24) is 15.2 Å². The fourth-order valence-corrected chi connectivity index (χ4v) is 3.96. The van der Waals surface area contributed by atoms with Gasteiger partial charge in [-0.2, -0.15) is 0 Å². The molecule has 1 aliphatic carbocycles. The van der Waals surface area contributed by atoms with E-state index in [9.17, 15) is 9.59 Å². The molecule has 0 unspecified atom stereocenters. The minimum absolute atomic E-state index is 0.0348. The number of carbonyl (C=O) groups excluding carboxylic acids is 2. The molecule has 1 N–H and O–H groups in total. The number of hydrogen-bond acceptors (Lipinski definition) is 3. The van der Waals surface area contributed by atoms with Gasteiger partial charge in [-0.15, -0.1) is 0 Å². The summed E-state index contributed by atoms with van der Waals surface area (Å²) in [6.07, 6.45) is 2.04. The highest BCUT2D eigenvalue weighted by atomic mass is 16.2. The smallest absolute Gasteiger partial charge is 0.254 e. The Morgan fingerprint density at radius 2 is 1.52 bits per heavy atom. The van der Waals surface area contributed by atoms with Gasteiger partial charge in [-0.05, 0) is 36.1 Å². The maximum absolute atomic E-state index is 13.3. The van der Waals surface area contributed by atoms with Crippen LogP contribution in [-0.2, 0) is 4.79 Å². The molecule has 0 radical (unpaired) electrons. The molecule has 0 atom stereocenters. The predicted molar refractivity (Wildman–Crippen MR) is 131 cm³/mol. The van der Waals surface area contributed by atoms with Crippen molar-refractivity contribution in [2.24, 2.45) is 0 Å². The lowest BCUT2D eigenvalue weighted by Crippen LogP contribution is -2.39. The van der Waals surface area contributed by atoms with E-state index in [1.54, 1.807) is 7.05 Å². The highest BCUT2D eigenvalue weighted by molar-refractivity contribution is 6.08. The lowest BCUT2D eigenvalue weighted by atomic mass is 10.0. The molecule has 164 valence electrons. The minimum atomic E-state index is -0.193. The number of amides is 2. The van der Waals surface area contributed by atoms with Crippen LogP contribution in [0.2, 0.25) is 0 Å². The van der Waals surface area contributed by atoms with Crippen molar-refractivity contribution >= 4 is 22.7 Å². The van der Waals surface area contributed by atoms with Crippen LogP contribution < -0.4 is 5.32 Å². The summed E-state index contributed by atoms with van der Waals surface area (Å²) in [5.41, 5.74) is 5.23. The first-order valence-electron chi connectivity index (χ1n) is 11.2. The average Bonchev–Trinajstić information content (AvgIpc) is 3.67. The Morgan fingerprint density at radius 1 is 0.879 bits per heavy atom. The Hall–Kier alpha value is -3.99. The van der Waals surface area contributed by atoms with E-state index in [1.165, 1.54) is 4.90 Å². The monoisotopic (exact) mass is 435 g/mol. The number of aromatic nitrogens is 1. The van der Waals surface area contributed by atoms with E-state index in [1.807, 2.05) is 60.7 Å². The molecule has 1 aromatic heterocycles. The first-order valence-corrected chi connectivity index (χ1v) is 11.2. The summed E-state index contributed by atoms with van der Waals surface area (Å²) in [7, 11) is 1.67. The third-order valence-corrected chi connectivity index (χ3v) is 5.90. The lowest BCUT2D eigenvalue weighted by Gasteiger charge is -2.18. The molecule has 2 amide bonds. The number of rotatable bonds is 6. The van der Waals surface area contributed by atoms with Crippen LogP contribution in [-0.4, -0.2) is 41.3 Å². The van der Waals surface area contributed by atoms with Crippen LogP contribution in [0.1, 0.15) is 23.2 Å². The van der Waals surface area contributed by atoms with Gasteiger partial charge in [0.15, 0.2) is 0 Å². The van der Waals surface area contributed by atoms with Gasteiger partial charge in [0.1, 0.15) is 0 Å². The zero-order valence-corrected chi connectivity index (χ0v) is 18.5. The van der Waals surface area contributed by atoms with E-state index >= 15 is 0 Å². The maximum atomic E-state index is 13.3. The molecule has 0 aliphatic heterocycles. The number of para-hydroxylation sites is 1. The SMILES string of the molecule is CN(CC(=O)NC1CC1)C(=O)c1cc(-c2ccc(-c3ccccc3)cc2)nc2ccccc12. The highest BCUT2D eigenvalue weighted by Crippen LogP contribution is 2.28. The molecule has 1 saturated carbocycles. The molecule has 4 aromatic rings. The molecule has 5 nitrogen and oxygen atoms in total. The highest BCUT2D eigenvalue weighted by Gasteiger charge is 2.25. The van der Waals surface area contributed by atoms with Gasteiger partial charge in [-0.3, -0.25) is 9.59 Å². The van der Waals surface area contributed by atoms with Crippen LogP contribution in [0.15, 0.2) is 84.9 Å². The standard InChI is InChI=1S/C28H25N3O2/c1-31(18-27(32)29-22-15-16-22)28(33)24-17-26(30-25-10-6-5-9-23(24)25)21-13-11-20(12-14-21)19-7-3-2-4-8-19/h2-14,17,22H,15-16,18H2,1H3,(H,29,32). The van der Waals surface area contributed by atoms with E-state index in [-0.39, 0.29) is 24.4 Å². The second kappa shape index (κ2) is 8.87. The van der Waals surface area contributed by atoms with E-state index in [0.29, 0.717) is 5.56 Å². The number of fused-ring (bicyclic) bond motifs is 1. The number of hydrogen-bond donors (Lipinski definition) is 1. The van der Waals surface area contributed by atoms with Crippen LogP contribution in [0.5, 0.6) is 0 Å². The van der Waals surface area contributed by atoms with Crippen molar-refractivity contribution in [1.29, 1.82) is 0 Å². The molecule has 5 heteroatoms. The molecule has 33 heavy (non-hydrogen) atoms. The molecule has 1 fully saturated rings. The molecule has 0 saturated heterocycles. The Morgan fingerprint density at radius 3 is 2.24 bits per heavy atom. The third-order valence-electron chi connectivity index (χ3n) is 5.90. The largest absolute Gasteiger partial charge is 0.352 e. The molecule has 0 spiro atoms. The zero-order valence-electron chi connectivity index (χ0n) is 18.5. The Kier molecular flexibility index (Phi) is 5.61. The molecule has 0 bridgehead atoms. The number of pyridine rings is 1. The molecule has 5 rings (SSSR count). The second-order valence-electron chi connectivity index (χ2n) is 8.52. The summed E-state index contributed by atoms with van der Waals surface area (Å²) in [6.45, 7) is 0.0348. The lowest BCUT2D eigenvalue weighted by molar-refractivity contribution is -0.121. The van der Waals surface area contributed by atoms with Gasteiger partial charge in [0.25, 0.3) is 5.91 Å². The van der Waals surface area contributed by atoms with Crippen molar-refractivity contribution < 1.29 is 9.59 Å². The van der Waals surface area contributed by atoms with Gasteiger partial charge < -0.3 is 10.2 Å². The van der Waals surface area contributed by atoms with Gasteiger partial charge in [0.05, 0.1) is 23.3 Å². The van der Waals surface area contributed by atoms with E-state index in [4.69, 9.17) is 4.98 Å². The maximum Gasteiger partial charge on any atom is 0.254 e. The van der Waals surface area contributed by atoms with Crippen LogP contribution in [0.3, 0.4) is 0 Å². The summed E-state index contributed by atoms with van der Waals surface area (Å²) in [5.74, 6) is -0.315. The van der Waals surface area contributed by atoms with Crippen LogP contribution >= 0.6 is 0 Å². The number of nitrogens with zero attached hydrogens (tertiary/aromatic N) is 2. The van der Waals surface area contributed by atoms with Crippen molar-refractivity contribution in [3.05, 3.63) is 90.5 Å². The van der Waals surface area contributed by atoms with E-state index in [0.717, 1.165) is 46.1 Å². The molecule has 1 heterocycles. The van der Waals surface area contributed by atoms with Gasteiger partial charge in [-0.1, -0.05) is 72.8 Å². The fourth-order valence-electron chi connectivity index (χ4n) is 3.96. The second-order valence-corrected chi connectivity index (χ2v) is 8.52. The summed E-state index contributed by atoms with van der Waals surface area (Å²) in [6, 6.07) is 28.1. The molecular weight excluding hydrogens is 410 g/mol. The number of benzene rings is 3. The third kappa shape index (κ3) is 4.62. The van der Waals surface area contributed by atoms with Gasteiger partial charge in [0, 0.05) is 24.0 Å². The van der Waals surface area contributed by atoms with Crippen molar-refractivity contribution in [3.8, 4) is 22.4 Å². The van der Waals surface area contributed by atoms with Crippen molar-refractivity contribution in [2.75, 3.05) is 13.6 Å². The summed E-state index contributed by atoms with van der Waals surface area (Å²) in [4.78, 5) is 31.8. The molecule has 1 aliphatic rings.